The number of fused-ring (bicyclic) bond motifs is 1. The van der Waals surface area contributed by atoms with Crippen molar-refractivity contribution in [2.75, 3.05) is 13.1 Å². The van der Waals surface area contributed by atoms with E-state index in [1.165, 1.54) is 88.2 Å². The highest BCUT2D eigenvalue weighted by Gasteiger charge is 2.24. The Morgan fingerprint density at radius 1 is 0.667 bits per heavy atom. The quantitative estimate of drug-likeness (QED) is 0.212. The Kier molecular flexibility index (Phi) is 11.4. The van der Waals surface area contributed by atoms with Gasteiger partial charge in [0.25, 0.3) is 0 Å². The lowest BCUT2D eigenvalue weighted by atomic mass is 9.95. The van der Waals surface area contributed by atoms with E-state index >= 15 is 0 Å². The summed E-state index contributed by atoms with van der Waals surface area (Å²) in [5, 5.41) is 11.8. The van der Waals surface area contributed by atoms with E-state index in [0.717, 1.165) is 24.1 Å². The van der Waals surface area contributed by atoms with Crippen molar-refractivity contribution in [1.29, 1.82) is 0 Å². The molecular weight excluding hydrogens is 404 g/mol. The third kappa shape index (κ3) is 7.96. The lowest BCUT2D eigenvalue weighted by Gasteiger charge is -2.33. The van der Waals surface area contributed by atoms with Gasteiger partial charge in [-0.25, -0.2) is 0 Å². The zero-order valence-corrected chi connectivity index (χ0v) is 20.9. The topological polar surface area (TPSA) is 44.8 Å². The molecule has 180 valence electrons. The van der Waals surface area contributed by atoms with E-state index in [2.05, 4.69) is 82.7 Å². The van der Waals surface area contributed by atoms with Crippen LogP contribution in [0.5, 0.6) is 0 Å². The molecule has 3 rings (SSSR count). The molecule has 4 nitrogen and oxygen atoms in total. The monoisotopic (exact) mass is 448 g/mol. The van der Waals surface area contributed by atoms with Crippen LogP contribution in [0, 0.1) is 0 Å². The predicted octanol–water partition coefficient (Wildman–Crippen LogP) is 8.07. The Hall–Kier alpha value is -2.20. The summed E-state index contributed by atoms with van der Waals surface area (Å²) < 4.78 is 0. The van der Waals surface area contributed by atoms with Gasteiger partial charge in [-0.1, -0.05) is 121 Å². The van der Waals surface area contributed by atoms with Gasteiger partial charge in [-0.2, -0.15) is 15.4 Å². The van der Waals surface area contributed by atoms with Crippen molar-refractivity contribution in [2.24, 2.45) is 0 Å². The minimum Gasteiger partial charge on any atom is -0.292 e. The highest BCUT2D eigenvalue weighted by Crippen LogP contribution is 2.33. The lowest BCUT2D eigenvalue weighted by molar-refractivity contribution is 0.215. The van der Waals surface area contributed by atoms with Gasteiger partial charge in [-0.3, -0.25) is 4.90 Å². The molecule has 0 aliphatic heterocycles. The Labute approximate surface area is 201 Å². The summed E-state index contributed by atoms with van der Waals surface area (Å²) in [6, 6.07) is 17.6. The largest absolute Gasteiger partial charge is 0.292 e. The molecule has 1 N–H and O–H groups in total. The first-order valence-corrected chi connectivity index (χ1v) is 13.4. The maximum atomic E-state index is 4.55. The van der Waals surface area contributed by atoms with Gasteiger partial charge in [-0.05, 0) is 37.6 Å². The van der Waals surface area contributed by atoms with Crippen molar-refractivity contribution in [3.05, 3.63) is 59.7 Å². The van der Waals surface area contributed by atoms with E-state index in [-0.39, 0.29) is 6.04 Å². The molecule has 2 aromatic carbocycles. The number of unbranched alkanes of at least 4 members (excludes halogenated alkanes) is 10. The van der Waals surface area contributed by atoms with Crippen molar-refractivity contribution < 1.29 is 0 Å². The van der Waals surface area contributed by atoms with Crippen LogP contribution in [-0.4, -0.2) is 33.4 Å². The van der Waals surface area contributed by atoms with Crippen molar-refractivity contribution in [2.45, 2.75) is 96.9 Å². The molecule has 0 saturated carbocycles. The number of nitrogens with one attached hydrogen (secondary N) is 1. The highest BCUT2D eigenvalue weighted by molar-refractivity contribution is 5.78. The van der Waals surface area contributed by atoms with Gasteiger partial charge in [0.05, 0.1) is 6.04 Å². The number of rotatable bonds is 17. The molecule has 0 radical (unpaired) electrons. The van der Waals surface area contributed by atoms with Gasteiger partial charge in [0.2, 0.25) is 0 Å². The van der Waals surface area contributed by atoms with Gasteiger partial charge in [0.1, 0.15) is 11.0 Å². The summed E-state index contributed by atoms with van der Waals surface area (Å²) in [7, 11) is 0. The molecule has 1 unspecified atom stereocenters. The van der Waals surface area contributed by atoms with Crippen molar-refractivity contribution in [3.63, 3.8) is 0 Å². The number of hydrogen-bond acceptors (Lipinski definition) is 3. The van der Waals surface area contributed by atoms with E-state index in [1.807, 2.05) is 0 Å². The normalized spacial score (nSPS) is 12.6. The number of para-hydroxylation sites is 1. The molecule has 0 aliphatic carbocycles. The fourth-order valence-corrected chi connectivity index (χ4v) is 4.89. The van der Waals surface area contributed by atoms with Gasteiger partial charge in [0, 0.05) is 5.56 Å². The van der Waals surface area contributed by atoms with Crippen LogP contribution in [0.3, 0.4) is 0 Å². The van der Waals surface area contributed by atoms with Crippen LogP contribution < -0.4 is 0 Å². The second-order valence-corrected chi connectivity index (χ2v) is 9.42. The minimum absolute atomic E-state index is 0.214. The smallest absolute Gasteiger partial charge is 0.118 e. The second-order valence-electron chi connectivity index (χ2n) is 9.42. The zero-order chi connectivity index (χ0) is 23.1. The van der Waals surface area contributed by atoms with Gasteiger partial charge in [0.15, 0.2) is 0 Å². The molecule has 0 bridgehead atoms. The first kappa shape index (κ1) is 25.4. The van der Waals surface area contributed by atoms with Crippen molar-refractivity contribution >= 4 is 11.0 Å². The average Bonchev–Trinajstić information content (AvgIpc) is 3.33. The van der Waals surface area contributed by atoms with Crippen LogP contribution in [0.1, 0.15) is 108 Å². The van der Waals surface area contributed by atoms with Gasteiger partial charge >= 0.3 is 0 Å². The molecule has 0 aliphatic rings. The van der Waals surface area contributed by atoms with Crippen molar-refractivity contribution in [3.8, 4) is 0 Å². The maximum absolute atomic E-state index is 4.55. The standard InChI is InChI=1S/C29H44N4/c1-3-5-7-9-11-16-23-33(24-17-12-10-8-6-4-2)29(25-19-14-13-15-20-25)26-21-18-22-27-28(26)31-32-30-27/h13-15,18-22,29H,3-12,16-17,23-24H2,1-2H3,(H,30,31,32). The summed E-state index contributed by atoms with van der Waals surface area (Å²) in [6.07, 6.45) is 16.0. The molecule has 3 aromatic rings. The minimum atomic E-state index is 0.214. The summed E-state index contributed by atoms with van der Waals surface area (Å²) in [5.41, 5.74) is 4.57. The van der Waals surface area contributed by atoms with Gasteiger partial charge < -0.3 is 0 Å². The van der Waals surface area contributed by atoms with E-state index in [0.29, 0.717) is 0 Å². The SMILES string of the molecule is CCCCCCCCN(CCCCCCCC)C(c1ccccc1)c1cccc2n[nH]nc12. The molecule has 0 saturated heterocycles. The summed E-state index contributed by atoms with van der Waals surface area (Å²) in [6.45, 7) is 6.85. The second kappa shape index (κ2) is 14.8. The molecule has 33 heavy (non-hydrogen) atoms. The Morgan fingerprint density at radius 3 is 1.91 bits per heavy atom. The number of aromatic nitrogens is 3. The molecule has 0 spiro atoms. The third-order valence-electron chi connectivity index (χ3n) is 6.75. The molecule has 1 heterocycles. The molecule has 1 atom stereocenters. The van der Waals surface area contributed by atoms with Gasteiger partial charge in [-0.15, -0.1) is 0 Å². The fraction of sp³-hybridized carbons (Fsp3) is 0.586. The number of benzene rings is 2. The van der Waals surface area contributed by atoms with Crippen LogP contribution in [0.2, 0.25) is 0 Å². The molecular formula is C29H44N4. The predicted molar refractivity (Wildman–Crippen MR) is 140 cm³/mol. The van der Waals surface area contributed by atoms with Crippen LogP contribution in [0.4, 0.5) is 0 Å². The van der Waals surface area contributed by atoms with Crippen molar-refractivity contribution in [1.82, 2.24) is 20.3 Å². The van der Waals surface area contributed by atoms with E-state index in [9.17, 15) is 0 Å². The summed E-state index contributed by atoms with van der Waals surface area (Å²) in [5.74, 6) is 0. The Morgan fingerprint density at radius 2 is 1.27 bits per heavy atom. The van der Waals surface area contributed by atoms with Crippen LogP contribution >= 0.6 is 0 Å². The summed E-state index contributed by atoms with van der Waals surface area (Å²) in [4.78, 5) is 2.72. The first-order valence-electron chi connectivity index (χ1n) is 13.4. The van der Waals surface area contributed by atoms with Crippen LogP contribution in [0.25, 0.3) is 11.0 Å². The molecule has 1 aromatic heterocycles. The number of aromatic amines is 1. The Balaban J connectivity index is 1.79. The zero-order valence-electron chi connectivity index (χ0n) is 20.9. The van der Waals surface area contributed by atoms with Crippen LogP contribution in [0.15, 0.2) is 48.5 Å². The number of nitrogens with zero attached hydrogens (tertiary/aromatic N) is 3. The lowest BCUT2D eigenvalue weighted by Crippen LogP contribution is -2.32. The number of hydrogen-bond donors (Lipinski definition) is 1. The van der Waals surface area contributed by atoms with Crippen LogP contribution in [-0.2, 0) is 0 Å². The van der Waals surface area contributed by atoms with E-state index < -0.39 is 0 Å². The Bertz CT molecular complexity index is 873. The highest BCUT2D eigenvalue weighted by atomic mass is 15.3. The number of H-pyrrole nitrogens is 1. The fourth-order valence-electron chi connectivity index (χ4n) is 4.89. The molecule has 0 fully saturated rings. The van der Waals surface area contributed by atoms with E-state index in [1.54, 1.807) is 0 Å². The maximum Gasteiger partial charge on any atom is 0.118 e. The summed E-state index contributed by atoms with van der Waals surface area (Å²) >= 11 is 0. The third-order valence-corrected chi connectivity index (χ3v) is 6.75. The molecule has 4 heteroatoms. The van der Waals surface area contributed by atoms with E-state index in [4.69, 9.17) is 0 Å². The average molecular weight is 449 g/mol. The first-order chi connectivity index (χ1) is 16.3. The molecule has 0 amide bonds.